The molecule has 1 aliphatic rings. The maximum absolute atomic E-state index is 13.3. The van der Waals surface area contributed by atoms with Crippen LogP contribution in [-0.4, -0.2) is 61.9 Å². The van der Waals surface area contributed by atoms with Crippen molar-refractivity contribution in [2.45, 2.75) is 11.4 Å². The van der Waals surface area contributed by atoms with Gasteiger partial charge < -0.3 is 14.6 Å². The van der Waals surface area contributed by atoms with Crippen LogP contribution < -0.4 is 0 Å². The lowest BCUT2D eigenvalue weighted by molar-refractivity contribution is 0.0730. The highest BCUT2D eigenvalue weighted by Crippen LogP contribution is 2.19. The molecule has 1 saturated heterocycles. The number of benzene rings is 1. The van der Waals surface area contributed by atoms with Gasteiger partial charge in [0.05, 0.1) is 13.2 Å². The van der Waals surface area contributed by atoms with Crippen molar-refractivity contribution >= 4 is 15.9 Å². The summed E-state index contributed by atoms with van der Waals surface area (Å²) in [5, 5.41) is 0. The Balaban J connectivity index is 1.73. The fourth-order valence-corrected chi connectivity index (χ4v) is 4.17. The summed E-state index contributed by atoms with van der Waals surface area (Å²) in [5.41, 5.74) is 0.504. The van der Waals surface area contributed by atoms with Crippen molar-refractivity contribution in [2.75, 3.05) is 33.4 Å². The summed E-state index contributed by atoms with van der Waals surface area (Å²) >= 11 is 0. The number of morpholine rings is 1. The van der Waals surface area contributed by atoms with Crippen molar-refractivity contribution in [1.82, 2.24) is 14.2 Å². The van der Waals surface area contributed by atoms with E-state index in [9.17, 15) is 22.0 Å². The standard InChI is InChI=1S/C17H19F2N3O4S/c1-21(11-12-2-3-14(18)15(19)8-12)17(23)16-9-13(10-20-16)27(24,25)22-4-6-26-7-5-22/h2-3,8-10,20H,4-7,11H2,1H3. The summed E-state index contributed by atoms with van der Waals surface area (Å²) in [7, 11) is -2.22. The Morgan fingerprint density at radius 2 is 1.93 bits per heavy atom. The van der Waals surface area contributed by atoms with Gasteiger partial charge in [-0.1, -0.05) is 6.07 Å². The Labute approximate surface area is 155 Å². The number of H-pyrrole nitrogens is 1. The molecule has 1 aliphatic heterocycles. The van der Waals surface area contributed by atoms with Gasteiger partial charge in [0.15, 0.2) is 11.6 Å². The van der Waals surface area contributed by atoms with E-state index in [0.717, 1.165) is 12.1 Å². The Morgan fingerprint density at radius 3 is 2.59 bits per heavy atom. The summed E-state index contributed by atoms with van der Waals surface area (Å²) in [4.78, 5) is 16.5. The molecule has 1 aromatic carbocycles. The summed E-state index contributed by atoms with van der Waals surface area (Å²) < 4.78 is 58.0. The molecule has 0 spiro atoms. The number of carbonyl (C=O) groups excluding carboxylic acids is 1. The minimum Gasteiger partial charge on any atom is -0.379 e. The maximum Gasteiger partial charge on any atom is 0.270 e. The molecular weight excluding hydrogens is 380 g/mol. The van der Waals surface area contributed by atoms with Gasteiger partial charge in [-0.3, -0.25) is 4.79 Å². The number of hydrogen-bond acceptors (Lipinski definition) is 4. The number of amides is 1. The first-order valence-corrected chi connectivity index (χ1v) is 9.69. The van der Waals surface area contributed by atoms with Crippen molar-refractivity contribution in [1.29, 1.82) is 0 Å². The van der Waals surface area contributed by atoms with Crippen LogP contribution in [0.3, 0.4) is 0 Å². The highest BCUT2D eigenvalue weighted by atomic mass is 32.2. The molecule has 0 atom stereocenters. The van der Waals surface area contributed by atoms with Gasteiger partial charge in [-0.15, -0.1) is 0 Å². The van der Waals surface area contributed by atoms with E-state index in [1.54, 1.807) is 0 Å². The Hall–Kier alpha value is -2.30. The molecule has 146 valence electrons. The van der Waals surface area contributed by atoms with Crippen LogP contribution in [-0.2, 0) is 21.3 Å². The first-order valence-electron chi connectivity index (χ1n) is 8.25. The van der Waals surface area contributed by atoms with Crippen LogP contribution in [0, 0.1) is 11.6 Å². The summed E-state index contributed by atoms with van der Waals surface area (Å²) in [5.74, 6) is -2.43. The lowest BCUT2D eigenvalue weighted by Crippen LogP contribution is -2.40. The quantitative estimate of drug-likeness (QED) is 0.828. The summed E-state index contributed by atoms with van der Waals surface area (Å²) in [6, 6.07) is 4.66. The molecule has 3 rings (SSSR count). The molecule has 0 aliphatic carbocycles. The van der Waals surface area contributed by atoms with E-state index in [1.165, 1.54) is 34.6 Å². The molecule has 10 heteroatoms. The zero-order valence-electron chi connectivity index (χ0n) is 14.6. The van der Waals surface area contributed by atoms with Gasteiger partial charge in [-0.2, -0.15) is 4.31 Å². The third kappa shape index (κ3) is 4.18. The normalized spacial score (nSPS) is 15.7. The van der Waals surface area contributed by atoms with Gasteiger partial charge >= 0.3 is 0 Å². The third-order valence-electron chi connectivity index (χ3n) is 4.25. The van der Waals surface area contributed by atoms with Crippen molar-refractivity contribution in [3.05, 3.63) is 53.4 Å². The van der Waals surface area contributed by atoms with Crippen LogP contribution in [0.1, 0.15) is 16.1 Å². The fourth-order valence-electron chi connectivity index (χ4n) is 2.77. The van der Waals surface area contributed by atoms with Crippen molar-refractivity contribution < 1.29 is 26.7 Å². The first-order chi connectivity index (χ1) is 12.8. The van der Waals surface area contributed by atoms with Crippen LogP contribution in [0.4, 0.5) is 8.78 Å². The third-order valence-corrected chi connectivity index (χ3v) is 6.12. The number of aromatic amines is 1. The predicted molar refractivity (Wildman–Crippen MR) is 92.5 cm³/mol. The second-order valence-corrected chi connectivity index (χ2v) is 8.11. The van der Waals surface area contributed by atoms with Gasteiger partial charge in [0.2, 0.25) is 10.0 Å². The first kappa shape index (κ1) is 19.5. The average Bonchev–Trinajstić information content (AvgIpc) is 3.16. The van der Waals surface area contributed by atoms with E-state index in [2.05, 4.69) is 4.98 Å². The van der Waals surface area contributed by atoms with Crippen molar-refractivity contribution in [3.63, 3.8) is 0 Å². The second kappa shape index (κ2) is 7.75. The average molecular weight is 399 g/mol. The maximum atomic E-state index is 13.3. The number of rotatable bonds is 5. The molecule has 1 N–H and O–H groups in total. The molecule has 2 aromatic rings. The number of nitrogens with zero attached hydrogens (tertiary/aromatic N) is 2. The lowest BCUT2D eigenvalue weighted by Gasteiger charge is -2.25. The minimum absolute atomic E-state index is 0.00558. The number of ether oxygens (including phenoxy) is 1. The monoisotopic (exact) mass is 399 g/mol. The van der Waals surface area contributed by atoms with Crippen LogP contribution >= 0.6 is 0 Å². The number of aromatic nitrogens is 1. The number of carbonyl (C=O) groups is 1. The second-order valence-electron chi connectivity index (χ2n) is 6.18. The van der Waals surface area contributed by atoms with Gasteiger partial charge in [-0.05, 0) is 23.8 Å². The molecule has 0 unspecified atom stereocenters. The van der Waals surface area contributed by atoms with E-state index in [1.807, 2.05) is 0 Å². The van der Waals surface area contributed by atoms with Crippen LogP contribution in [0.2, 0.25) is 0 Å². The zero-order chi connectivity index (χ0) is 19.6. The molecule has 1 aromatic heterocycles. The van der Waals surface area contributed by atoms with Crippen LogP contribution in [0.15, 0.2) is 35.4 Å². The highest BCUT2D eigenvalue weighted by Gasteiger charge is 2.28. The number of sulfonamides is 1. The van der Waals surface area contributed by atoms with Gasteiger partial charge in [-0.25, -0.2) is 17.2 Å². The topological polar surface area (TPSA) is 82.7 Å². The Bertz CT molecular complexity index is 939. The Kier molecular flexibility index (Phi) is 5.59. The van der Waals surface area contributed by atoms with E-state index in [0.29, 0.717) is 18.8 Å². The predicted octanol–water partition coefficient (Wildman–Crippen LogP) is 1.59. The largest absolute Gasteiger partial charge is 0.379 e. The molecule has 0 saturated carbocycles. The zero-order valence-corrected chi connectivity index (χ0v) is 15.4. The molecule has 1 amide bonds. The highest BCUT2D eigenvalue weighted by molar-refractivity contribution is 7.89. The van der Waals surface area contributed by atoms with E-state index < -0.39 is 27.6 Å². The SMILES string of the molecule is CN(Cc1ccc(F)c(F)c1)C(=O)c1cc(S(=O)(=O)N2CCOCC2)c[nH]1. The minimum atomic E-state index is -3.71. The lowest BCUT2D eigenvalue weighted by atomic mass is 10.2. The van der Waals surface area contributed by atoms with Gasteiger partial charge in [0.1, 0.15) is 10.6 Å². The van der Waals surface area contributed by atoms with E-state index in [-0.39, 0.29) is 30.2 Å². The van der Waals surface area contributed by atoms with Crippen molar-refractivity contribution in [3.8, 4) is 0 Å². The number of halogens is 2. The molecule has 0 bridgehead atoms. The fraction of sp³-hybridized carbons (Fsp3) is 0.353. The molecular formula is C17H19F2N3O4S. The summed E-state index contributed by atoms with van der Waals surface area (Å²) in [6.07, 6.45) is 1.27. The van der Waals surface area contributed by atoms with Gasteiger partial charge in [0.25, 0.3) is 5.91 Å². The van der Waals surface area contributed by atoms with Crippen LogP contribution in [0.25, 0.3) is 0 Å². The van der Waals surface area contributed by atoms with Gasteiger partial charge in [0, 0.05) is 32.9 Å². The van der Waals surface area contributed by atoms with Crippen molar-refractivity contribution in [2.24, 2.45) is 0 Å². The van der Waals surface area contributed by atoms with E-state index >= 15 is 0 Å². The molecule has 0 radical (unpaired) electrons. The van der Waals surface area contributed by atoms with E-state index in [4.69, 9.17) is 4.74 Å². The Morgan fingerprint density at radius 1 is 1.22 bits per heavy atom. The summed E-state index contributed by atoms with van der Waals surface area (Å²) in [6.45, 7) is 1.21. The molecule has 2 heterocycles. The molecule has 7 nitrogen and oxygen atoms in total. The molecule has 27 heavy (non-hydrogen) atoms. The number of nitrogens with one attached hydrogen (secondary N) is 1. The smallest absolute Gasteiger partial charge is 0.270 e. The molecule has 1 fully saturated rings. The van der Waals surface area contributed by atoms with Crippen LogP contribution in [0.5, 0.6) is 0 Å². The number of hydrogen-bond donors (Lipinski definition) is 1.